The van der Waals surface area contributed by atoms with Crippen molar-refractivity contribution in [1.82, 2.24) is 0 Å². The zero-order chi connectivity index (χ0) is 10.1. The lowest BCUT2D eigenvalue weighted by Gasteiger charge is -2.02. The van der Waals surface area contributed by atoms with Crippen LogP contribution < -0.4 is 5.30 Å². The molecule has 1 atom stereocenters. The Balaban J connectivity index is 3.46. The molecule has 0 aliphatic heterocycles. The molecule has 0 radical (unpaired) electrons. The van der Waals surface area contributed by atoms with Crippen LogP contribution in [0.25, 0.3) is 0 Å². The summed E-state index contributed by atoms with van der Waals surface area (Å²) in [6.45, 7) is 0. The van der Waals surface area contributed by atoms with Crippen LogP contribution in [0.4, 0.5) is 0 Å². The number of hydrogen-bond donors (Lipinski definition) is 1. The quantitative estimate of drug-likeness (QED) is 0.722. The van der Waals surface area contributed by atoms with Crippen molar-refractivity contribution in [3.05, 3.63) is 24.3 Å². The van der Waals surface area contributed by atoms with Crippen LogP contribution in [-0.4, -0.2) is 19.6 Å². The minimum absolute atomic E-state index is 0.00463. The molecule has 0 aromatic heterocycles. The van der Waals surface area contributed by atoms with Crippen LogP contribution in [0.2, 0.25) is 0 Å². The molecule has 1 unspecified atom stereocenters. The summed E-state index contributed by atoms with van der Waals surface area (Å²) in [4.78, 5) is 8.78. The van der Waals surface area contributed by atoms with Crippen molar-refractivity contribution in [2.24, 2.45) is 0 Å². The summed E-state index contributed by atoms with van der Waals surface area (Å²) in [5, 5.41) is -0.00463. The van der Waals surface area contributed by atoms with Gasteiger partial charge >= 0.3 is 0 Å². The average Bonchev–Trinajstić information content (AvgIpc) is 2.03. The van der Waals surface area contributed by atoms with Gasteiger partial charge in [-0.3, -0.25) is 4.57 Å². The van der Waals surface area contributed by atoms with Crippen LogP contribution in [0, 0.1) is 0 Å². The molecular weight excluding hydrogens is 211 g/mol. The summed E-state index contributed by atoms with van der Waals surface area (Å²) in [5.74, 6) is 0. The Morgan fingerprint density at radius 2 is 1.85 bits per heavy atom. The number of sulfone groups is 1. The zero-order valence-electron chi connectivity index (χ0n) is 6.89. The molecule has 0 spiro atoms. The van der Waals surface area contributed by atoms with Crippen LogP contribution in [-0.2, 0) is 14.4 Å². The Labute approximate surface area is 77.0 Å². The minimum Gasteiger partial charge on any atom is -0.343 e. The van der Waals surface area contributed by atoms with Gasteiger partial charge in [-0.15, -0.1) is 0 Å². The molecule has 0 heterocycles. The lowest BCUT2D eigenvalue weighted by atomic mass is 10.4. The highest BCUT2D eigenvalue weighted by molar-refractivity contribution is 7.91. The molecule has 0 amide bonds. The topological polar surface area (TPSA) is 71.4 Å². The third-order valence-electron chi connectivity index (χ3n) is 1.52. The number of rotatable bonds is 2. The Morgan fingerprint density at radius 3 is 2.23 bits per heavy atom. The van der Waals surface area contributed by atoms with E-state index in [0.717, 1.165) is 6.26 Å². The lowest BCUT2D eigenvalue weighted by Crippen LogP contribution is -2.10. The van der Waals surface area contributed by atoms with Gasteiger partial charge in [-0.05, 0) is 12.1 Å². The van der Waals surface area contributed by atoms with Crippen LogP contribution in [0.3, 0.4) is 0 Å². The second-order valence-corrected chi connectivity index (χ2v) is 5.71. The lowest BCUT2D eigenvalue weighted by molar-refractivity contribution is 0.512. The largest absolute Gasteiger partial charge is 0.343 e. The monoisotopic (exact) mass is 220 g/mol. The SMILES string of the molecule is CS(=O)(=O)c1ccccc1[PH](=O)O. The van der Waals surface area contributed by atoms with Gasteiger partial charge in [0, 0.05) is 6.26 Å². The van der Waals surface area contributed by atoms with Crippen LogP contribution >= 0.6 is 8.03 Å². The van der Waals surface area contributed by atoms with E-state index in [4.69, 9.17) is 4.89 Å². The summed E-state index contributed by atoms with van der Waals surface area (Å²) >= 11 is 0. The first-order chi connectivity index (χ1) is 5.93. The van der Waals surface area contributed by atoms with Gasteiger partial charge in [0.2, 0.25) is 8.03 Å². The van der Waals surface area contributed by atoms with Crippen LogP contribution in [0.15, 0.2) is 29.2 Å². The van der Waals surface area contributed by atoms with E-state index < -0.39 is 17.9 Å². The van der Waals surface area contributed by atoms with Crippen molar-refractivity contribution < 1.29 is 17.9 Å². The molecule has 1 aromatic rings. The maximum Gasteiger partial charge on any atom is 0.219 e. The molecule has 0 fully saturated rings. The standard InChI is InChI=1S/C7H9O4PS/c1-13(10,11)7-5-3-2-4-6(7)12(8)9/h2-5,12H,1H3,(H,8,9). The summed E-state index contributed by atoms with van der Waals surface area (Å²) < 4.78 is 33.0. The maximum absolute atomic E-state index is 11.1. The predicted octanol–water partition coefficient (Wildman–Crippen LogP) is 0.182. The summed E-state index contributed by atoms with van der Waals surface area (Å²) in [6, 6.07) is 5.72. The number of hydrogen-bond acceptors (Lipinski definition) is 3. The molecule has 0 aliphatic rings. The molecule has 0 saturated carbocycles. The molecule has 13 heavy (non-hydrogen) atoms. The second kappa shape index (κ2) is 3.62. The average molecular weight is 220 g/mol. The van der Waals surface area contributed by atoms with Gasteiger partial charge in [0.05, 0.1) is 10.2 Å². The molecule has 72 valence electrons. The van der Waals surface area contributed by atoms with Crippen molar-refractivity contribution in [2.45, 2.75) is 4.90 Å². The Bertz CT molecular complexity index is 438. The third kappa shape index (κ3) is 2.40. The summed E-state index contributed by atoms with van der Waals surface area (Å²) in [6.07, 6.45) is 1.01. The first kappa shape index (κ1) is 10.4. The van der Waals surface area contributed by atoms with Crippen LogP contribution in [0.1, 0.15) is 0 Å². The van der Waals surface area contributed by atoms with Crippen molar-refractivity contribution in [2.75, 3.05) is 6.26 Å². The molecule has 0 bridgehead atoms. The van der Waals surface area contributed by atoms with Gasteiger partial charge < -0.3 is 4.89 Å². The maximum atomic E-state index is 11.1. The predicted molar refractivity (Wildman–Crippen MR) is 50.4 cm³/mol. The van der Waals surface area contributed by atoms with E-state index in [0.29, 0.717) is 0 Å². The number of benzene rings is 1. The van der Waals surface area contributed by atoms with E-state index in [9.17, 15) is 13.0 Å². The van der Waals surface area contributed by atoms with Gasteiger partial charge in [-0.2, -0.15) is 0 Å². The van der Waals surface area contributed by atoms with Crippen molar-refractivity contribution in [1.29, 1.82) is 0 Å². The molecular formula is C7H9O4PS. The molecule has 0 saturated heterocycles. The Kier molecular flexibility index (Phi) is 2.91. The van der Waals surface area contributed by atoms with Crippen molar-refractivity contribution >= 4 is 23.2 Å². The van der Waals surface area contributed by atoms with E-state index >= 15 is 0 Å². The fourth-order valence-corrected chi connectivity index (χ4v) is 3.11. The smallest absolute Gasteiger partial charge is 0.219 e. The summed E-state index contributed by atoms with van der Waals surface area (Å²) in [5.41, 5.74) is 0. The normalized spacial score (nSPS) is 14.0. The third-order valence-corrected chi connectivity index (χ3v) is 3.75. The highest BCUT2D eigenvalue weighted by Gasteiger charge is 2.14. The van der Waals surface area contributed by atoms with Gasteiger partial charge in [-0.25, -0.2) is 8.42 Å². The van der Waals surface area contributed by atoms with E-state index in [-0.39, 0.29) is 10.2 Å². The molecule has 6 heteroatoms. The highest BCUT2D eigenvalue weighted by Crippen LogP contribution is 2.19. The molecule has 4 nitrogen and oxygen atoms in total. The van der Waals surface area contributed by atoms with Crippen molar-refractivity contribution in [3.63, 3.8) is 0 Å². The fraction of sp³-hybridized carbons (Fsp3) is 0.143. The first-order valence-electron chi connectivity index (χ1n) is 3.45. The van der Waals surface area contributed by atoms with Crippen molar-refractivity contribution in [3.8, 4) is 0 Å². The summed E-state index contributed by atoms with van der Waals surface area (Å²) in [7, 11) is -6.37. The van der Waals surface area contributed by atoms with E-state index in [1.54, 1.807) is 0 Å². The Hall–Kier alpha value is -0.640. The molecule has 1 aromatic carbocycles. The van der Waals surface area contributed by atoms with Gasteiger partial charge in [-0.1, -0.05) is 12.1 Å². The Morgan fingerprint density at radius 1 is 1.31 bits per heavy atom. The molecule has 1 rings (SSSR count). The fourth-order valence-electron chi connectivity index (χ4n) is 0.967. The highest BCUT2D eigenvalue weighted by atomic mass is 32.2. The zero-order valence-corrected chi connectivity index (χ0v) is 8.71. The van der Waals surface area contributed by atoms with E-state index in [1.807, 2.05) is 0 Å². The molecule has 0 aliphatic carbocycles. The van der Waals surface area contributed by atoms with E-state index in [1.165, 1.54) is 24.3 Å². The second-order valence-electron chi connectivity index (χ2n) is 2.57. The first-order valence-corrected chi connectivity index (χ1v) is 6.70. The van der Waals surface area contributed by atoms with E-state index in [2.05, 4.69) is 0 Å². The van der Waals surface area contributed by atoms with Gasteiger partial charge in [0.25, 0.3) is 0 Å². The van der Waals surface area contributed by atoms with Crippen LogP contribution in [0.5, 0.6) is 0 Å². The molecule has 1 N–H and O–H groups in total. The van der Waals surface area contributed by atoms with Gasteiger partial charge in [0.1, 0.15) is 0 Å². The minimum atomic E-state index is -3.41. The van der Waals surface area contributed by atoms with Gasteiger partial charge in [0.15, 0.2) is 9.84 Å².